The van der Waals surface area contributed by atoms with Crippen LogP contribution in [-0.2, 0) is 17.8 Å². The summed E-state index contributed by atoms with van der Waals surface area (Å²) in [6.07, 6.45) is 3.36. The third-order valence-corrected chi connectivity index (χ3v) is 3.49. The number of rotatable bonds is 5. The number of hydrogen-bond donors (Lipinski definition) is 2. The molecule has 0 bridgehead atoms. The fraction of sp³-hybridized carbons (Fsp3) is 0.400. The van der Waals surface area contributed by atoms with Crippen LogP contribution >= 0.6 is 0 Å². The maximum Gasteiger partial charge on any atom is 0.323 e. The summed E-state index contributed by atoms with van der Waals surface area (Å²) < 4.78 is 1.77. The third-order valence-electron chi connectivity index (χ3n) is 3.49. The Balaban J connectivity index is 2.55. The van der Waals surface area contributed by atoms with Gasteiger partial charge in [0.05, 0.1) is 0 Å². The SMILES string of the molecule is Cc1cc2c(CCCO)cn(CC(=O)O)c2cc1C. The van der Waals surface area contributed by atoms with Gasteiger partial charge in [-0.1, -0.05) is 0 Å². The molecule has 0 aliphatic rings. The van der Waals surface area contributed by atoms with Gasteiger partial charge in [-0.3, -0.25) is 4.79 Å². The summed E-state index contributed by atoms with van der Waals surface area (Å²) in [6, 6.07) is 4.14. The number of carboxylic acids is 1. The van der Waals surface area contributed by atoms with Gasteiger partial charge in [-0.2, -0.15) is 0 Å². The van der Waals surface area contributed by atoms with Crippen molar-refractivity contribution in [2.75, 3.05) is 6.61 Å². The number of aryl methyl sites for hydroxylation is 3. The van der Waals surface area contributed by atoms with Crippen LogP contribution in [0.25, 0.3) is 10.9 Å². The van der Waals surface area contributed by atoms with Gasteiger partial charge >= 0.3 is 5.97 Å². The minimum Gasteiger partial charge on any atom is -0.480 e. The van der Waals surface area contributed by atoms with E-state index in [-0.39, 0.29) is 13.2 Å². The summed E-state index contributed by atoms with van der Waals surface area (Å²) in [5.41, 5.74) is 4.42. The zero-order valence-electron chi connectivity index (χ0n) is 11.3. The molecular formula is C15H19NO3. The smallest absolute Gasteiger partial charge is 0.323 e. The van der Waals surface area contributed by atoms with E-state index in [2.05, 4.69) is 13.0 Å². The van der Waals surface area contributed by atoms with Gasteiger partial charge in [0.25, 0.3) is 0 Å². The number of nitrogens with zero attached hydrogens (tertiary/aromatic N) is 1. The largest absolute Gasteiger partial charge is 0.480 e. The molecule has 1 aromatic heterocycles. The first kappa shape index (κ1) is 13.6. The lowest BCUT2D eigenvalue weighted by Gasteiger charge is -2.04. The van der Waals surface area contributed by atoms with Crippen LogP contribution in [0, 0.1) is 13.8 Å². The van der Waals surface area contributed by atoms with Crippen molar-refractivity contribution in [3.05, 3.63) is 35.0 Å². The quantitative estimate of drug-likeness (QED) is 0.868. The molecule has 0 spiro atoms. The van der Waals surface area contributed by atoms with Gasteiger partial charge in [-0.05, 0) is 55.5 Å². The minimum absolute atomic E-state index is 0.0296. The van der Waals surface area contributed by atoms with Crippen LogP contribution in [0.5, 0.6) is 0 Å². The number of aliphatic hydroxyl groups is 1. The maximum absolute atomic E-state index is 10.9. The molecule has 0 saturated carbocycles. The van der Waals surface area contributed by atoms with E-state index in [9.17, 15) is 4.79 Å². The van der Waals surface area contributed by atoms with Crippen molar-refractivity contribution in [2.45, 2.75) is 33.2 Å². The molecule has 2 aromatic rings. The van der Waals surface area contributed by atoms with Crippen LogP contribution in [0.2, 0.25) is 0 Å². The van der Waals surface area contributed by atoms with Crippen molar-refractivity contribution in [2.24, 2.45) is 0 Å². The Labute approximate surface area is 112 Å². The maximum atomic E-state index is 10.9. The third kappa shape index (κ3) is 2.79. The zero-order chi connectivity index (χ0) is 14.0. The van der Waals surface area contributed by atoms with E-state index in [0.717, 1.165) is 28.5 Å². The summed E-state index contributed by atoms with van der Waals surface area (Å²) >= 11 is 0. The molecule has 0 radical (unpaired) electrons. The standard InChI is InChI=1S/C15H19NO3/c1-10-6-13-12(4-3-5-17)8-16(9-15(18)19)14(13)7-11(10)2/h6-8,17H,3-5,9H2,1-2H3,(H,18,19). The fourth-order valence-corrected chi connectivity index (χ4v) is 2.37. The van der Waals surface area contributed by atoms with Crippen LogP contribution in [-0.4, -0.2) is 27.4 Å². The molecule has 0 aliphatic heterocycles. The van der Waals surface area contributed by atoms with Crippen molar-refractivity contribution in [3.63, 3.8) is 0 Å². The highest BCUT2D eigenvalue weighted by Gasteiger charge is 2.11. The lowest BCUT2D eigenvalue weighted by Crippen LogP contribution is -2.07. The number of carbonyl (C=O) groups is 1. The molecule has 19 heavy (non-hydrogen) atoms. The van der Waals surface area contributed by atoms with Crippen LogP contribution < -0.4 is 0 Å². The average molecular weight is 261 g/mol. The number of carboxylic acid groups (broad SMARTS) is 1. The highest BCUT2D eigenvalue weighted by atomic mass is 16.4. The number of aliphatic hydroxyl groups excluding tert-OH is 1. The van der Waals surface area contributed by atoms with E-state index in [1.807, 2.05) is 19.2 Å². The molecule has 4 heteroatoms. The van der Waals surface area contributed by atoms with Crippen molar-refractivity contribution in [1.29, 1.82) is 0 Å². The molecular weight excluding hydrogens is 242 g/mol. The lowest BCUT2D eigenvalue weighted by molar-refractivity contribution is -0.137. The molecule has 4 nitrogen and oxygen atoms in total. The monoisotopic (exact) mass is 261 g/mol. The first-order chi connectivity index (χ1) is 9.02. The molecule has 0 fully saturated rings. The molecule has 0 unspecified atom stereocenters. The minimum atomic E-state index is -0.844. The van der Waals surface area contributed by atoms with Crippen LogP contribution in [0.3, 0.4) is 0 Å². The Morgan fingerprint density at radius 2 is 1.95 bits per heavy atom. The molecule has 0 saturated heterocycles. The number of aromatic nitrogens is 1. The van der Waals surface area contributed by atoms with Crippen molar-refractivity contribution < 1.29 is 15.0 Å². The van der Waals surface area contributed by atoms with Gasteiger partial charge in [0, 0.05) is 23.7 Å². The highest BCUT2D eigenvalue weighted by molar-refractivity contribution is 5.86. The summed E-state index contributed by atoms with van der Waals surface area (Å²) in [7, 11) is 0. The van der Waals surface area contributed by atoms with E-state index in [4.69, 9.17) is 10.2 Å². The van der Waals surface area contributed by atoms with Crippen molar-refractivity contribution in [3.8, 4) is 0 Å². The molecule has 0 aliphatic carbocycles. The second-order valence-electron chi connectivity index (χ2n) is 4.96. The predicted molar refractivity (Wildman–Crippen MR) is 74.5 cm³/mol. The second-order valence-corrected chi connectivity index (χ2v) is 4.96. The Morgan fingerprint density at radius 1 is 1.26 bits per heavy atom. The molecule has 1 aromatic carbocycles. The number of aliphatic carboxylic acids is 1. The summed E-state index contributed by atoms with van der Waals surface area (Å²) in [6.45, 7) is 4.20. The molecule has 102 valence electrons. The molecule has 2 rings (SSSR count). The summed E-state index contributed by atoms with van der Waals surface area (Å²) in [5, 5.41) is 19.0. The van der Waals surface area contributed by atoms with Crippen molar-refractivity contribution in [1.82, 2.24) is 4.57 Å². The molecule has 1 heterocycles. The van der Waals surface area contributed by atoms with Crippen LogP contribution in [0.4, 0.5) is 0 Å². The van der Waals surface area contributed by atoms with Gasteiger partial charge in [0.2, 0.25) is 0 Å². The van der Waals surface area contributed by atoms with Gasteiger partial charge in [0.1, 0.15) is 6.54 Å². The first-order valence-electron chi connectivity index (χ1n) is 6.44. The Hall–Kier alpha value is -1.81. The predicted octanol–water partition coefficient (Wildman–Crippen LogP) is 2.27. The Kier molecular flexibility index (Phi) is 3.90. The Bertz CT molecular complexity index is 613. The van der Waals surface area contributed by atoms with E-state index in [0.29, 0.717) is 6.42 Å². The van der Waals surface area contributed by atoms with Gasteiger partial charge in [0.15, 0.2) is 0 Å². The molecule has 0 amide bonds. The lowest BCUT2D eigenvalue weighted by atomic mass is 10.0. The van der Waals surface area contributed by atoms with Crippen molar-refractivity contribution >= 4 is 16.9 Å². The summed E-state index contributed by atoms with van der Waals surface area (Å²) in [4.78, 5) is 10.9. The van der Waals surface area contributed by atoms with Crippen LogP contribution in [0.15, 0.2) is 18.3 Å². The topological polar surface area (TPSA) is 62.5 Å². The van der Waals surface area contributed by atoms with E-state index in [1.54, 1.807) is 4.57 Å². The first-order valence-corrected chi connectivity index (χ1v) is 6.44. The van der Waals surface area contributed by atoms with Gasteiger partial charge in [-0.25, -0.2) is 0 Å². The van der Waals surface area contributed by atoms with Crippen LogP contribution in [0.1, 0.15) is 23.1 Å². The zero-order valence-corrected chi connectivity index (χ0v) is 11.3. The van der Waals surface area contributed by atoms with E-state index in [1.165, 1.54) is 5.56 Å². The fourth-order valence-electron chi connectivity index (χ4n) is 2.37. The van der Waals surface area contributed by atoms with Gasteiger partial charge < -0.3 is 14.8 Å². The van der Waals surface area contributed by atoms with Gasteiger partial charge in [-0.15, -0.1) is 0 Å². The van der Waals surface area contributed by atoms with E-state index < -0.39 is 5.97 Å². The molecule has 0 atom stereocenters. The highest BCUT2D eigenvalue weighted by Crippen LogP contribution is 2.26. The molecule has 2 N–H and O–H groups in total. The summed E-state index contributed by atoms with van der Waals surface area (Å²) in [5.74, 6) is -0.844. The number of fused-ring (bicyclic) bond motifs is 1. The van der Waals surface area contributed by atoms with E-state index >= 15 is 0 Å². The second kappa shape index (κ2) is 5.45. The number of hydrogen-bond acceptors (Lipinski definition) is 2. The normalized spacial score (nSPS) is 11.1. The number of benzene rings is 1. The average Bonchev–Trinajstić information content (AvgIpc) is 2.65. The Morgan fingerprint density at radius 3 is 2.58 bits per heavy atom.